The zero-order chi connectivity index (χ0) is 17.1. The van der Waals surface area contributed by atoms with Crippen molar-refractivity contribution in [3.63, 3.8) is 0 Å². The highest BCUT2D eigenvalue weighted by atomic mass is 16.5. The summed E-state index contributed by atoms with van der Waals surface area (Å²) in [7, 11) is 0. The number of para-hydroxylation sites is 1. The number of phenolic OH excluding ortho intramolecular Hbond substituents is 1. The second-order valence-corrected chi connectivity index (χ2v) is 5.84. The van der Waals surface area contributed by atoms with Gasteiger partial charge in [-0.2, -0.15) is 0 Å². The number of nitrogens with zero attached hydrogens (tertiary/aromatic N) is 3. The van der Waals surface area contributed by atoms with Crippen molar-refractivity contribution in [1.82, 2.24) is 14.7 Å². The Hall–Kier alpha value is -3.34. The summed E-state index contributed by atoms with van der Waals surface area (Å²) in [6, 6.07) is 17.2. The lowest BCUT2D eigenvalue weighted by molar-refractivity contribution is 0.433. The Labute approximate surface area is 145 Å². The van der Waals surface area contributed by atoms with Gasteiger partial charge in [0, 0.05) is 36.1 Å². The van der Waals surface area contributed by atoms with E-state index in [0.29, 0.717) is 17.0 Å². The Balaban J connectivity index is 1.50. The number of rotatable bonds is 5. The first kappa shape index (κ1) is 15.2. The third-order valence-corrected chi connectivity index (χ3v) is 4.15. The molecule has 0 aliphatic heterocycles. The molecule has 4 rings (SSSR count). The SMILES string of the molecule is Oc1ccccc1-c1cc(-c2ccc(CCn3ccnc3)cc2)on1. The summed E-state index contributed by atoms with van der Waals surface area (Å²) in [5.74, 6) is 0.872. The summed E-state index contributed by atoms with van der Waals surface area (Å²) in [6.07, 6.45) is 6.51. The van der Waals surface area contributed by atoms with E-state index in [2.05, 4.69) is 26.8 Å². The summed E-state index contributed by atoms with van der Waals surface area (Å²) in [5.41, 5.74) is 3.49. The highest BCUT2D eigenvalue weighted by molar-refractivity contribution is 5.70. The average Bonchev–Trinajstić information content (AvgIpc) is 3.33. The van der Waals surface area contributed by atoms with E-state index in [1.165, 1.54) is 5.56 Å². The third kappa shape index (κ3) is 3.30. The summed E-state index contributed by atoms with van der Waals surface area (Å²) >= 11 is 0. The maximum absolute atomic E-state index is 9.93. The van der Waals surface area contributed by atoms with Crippen molar-refractivity contribution < 1.29 is 9.63 Å². The average molecular weight is 331 g/mol. The molecule has 0 saturated carbocycles. The molecule has 0 aliphatic rings. The number of hydrogen-bond acceptors (Lipinski definition) is 4. The van der Waals surface area contributed by atoms with Gasteiger partial charge in [-0.05, 0) is 24.1 Å². The maximum atomic E-state index is 9.93. The normalized spacial score (nSPS) is 10.9. The molecule has 0 radical (unpaired) electrons. The first-order chi connectivity index (χ1) is 12.3. The Morgan fingerprint density at radius 1 is 1.04 bits per heavy atom. The lowest BCUT2D eigenvalue weighted by Gasteiger charge is -2.03. The molecule has 1 N–H and O–H groups in total. The minimum absolute atomic E-state index is 0.192. The highest BCUT2D eigenvalue weighted by Crippen LogP contribution is 2.31. The Kier molecular flexibility index (Phi) is 4.04. The molecule has 5 heteroatoms. The van der Waals surface area contributed by atoms with Gasteiger partial charge in [-0.3, -0.25) is 0 Å². The van der Waals surface area contributed by atoms with Crippen LogP contribution in [0.1, 0.15) is 5.56 Å². The topological polar surface area (TPSA) is 64.1 Å². The highest BCUT2D eigenvalue weighted by Gasteiger charge is 2.11. The van der Waals surface area contributed by atoms with Gasteiger partial charge in [0.2, 0.25) is 0 Å². The van der Waals surface area contributed by atoms with Gasteiger partial charge in [0.25, 0.3) is 0 Å². The predicted molar refractivity (Wildman–Crippen MR) is 95.0 cm³/mol. The molecule has 0 fully saturated rings. The van der Waals surface area contributed by atoms with Crippen molar-refractivity contribution in [3.05, 3.63) is 78.9 Å². The summed E-state index contributed by atoms with van der Waals surface area (Å²) in [4.78, 5) is 4.05. The van der Waals surface area contributed by atoms with Gasteiger partial charge in [0.1, 0.15) is 11.4 Å². The van der Waals surface area contributed by atoms with Gasteiger partial charge in [-0.15, -0.1) is 0 Å². The number of aromatic hydroxyl groups is 1. The zero-order valence-electron chi connectivity index (χ0n) is 13.5. The molecular formula is C20H17N3O2. The first-order valence-electron chi connectivity index (χ1n) is 8.10. The fourth-order valence-electron chi connectivity index (χ4n) is 2.74. The van der Waals surface area contributed by atoms with E-state index in [9.17, 15) is 5.11 Å². The van der Waals surface area contributed by atoms with Crippen molar-refractivity contribution in [2.75, 3.05) is 0 Å². The van der Waals surface area contributed by atoms with Gasteiger partial charge in [-0.25, -0.2) is 4.98 Å². The zero-order valence-corrected chi connectivity index (χ0v) is 13.5. The second-order valence-electron chi connectivity index (χ2n) is 5.84. The van der Waals surface area contributed by atoms with Crippen LogP contribution in [0.2, 0.25) is 0 Å². The molecule has 4 aromatic rings. The number of imidazole rings is 1. The van der Waals surface area contributed by atoms with Crippen LogP contribution in [0.5, 0.6) is 5.75 Å². The molecule has 0 atom stereocenters. The molecule has 2 aromatic carbocycles. The summed E-state index contributed by atoms with van der Waals surface area (Å²) in [6.45, 7) is 0.902. The fourth-order valence-corrected chi connectivity index (χ4v) is 2.74. The number of aromatic nitrogens is 3. The van der Waals surface area contributed by atoms with Crippen molar-refractivity contribution in [3.8, 4) is 28.3 Å². The van der Waals surface area contributed by atoms with Gasteiger partial charge >= 0.3 is 0 Å². The molecule has 25 heavy (non-hydrogen) atoms. The summed E-state index contributed by atoms with van der Waals surface area (Å²) in [5, 5.41) is 14.0. The van der Waals surface area contributed by atoms with Crippen LogP contribution in [0.4, 0.5) is 0 Å². The number of phenols is 1. The third-order valence-electron chi connectivity index (χ3n) is 4.15. The molecule has 0 bridgehead atoms. The molecule has 2 heterocycles. The van der Waals surface area contributed by atoms with E-state index < -0.39 is 0 Å². The molecule has 0 spiro atoms. The van der Waals surface area contributed by atoms with Crippen LogP contribution < -0.4 is 0 Å². The molecule has 0 saturated heterocycles. The van der Waals surface area contributed by atoms with E-state index in [-0.39, 0.29) is 5.75 Å². The van der Waals surface area contributed by atoms with E-state index in [4.69, 9.17) is 4.52 Å². The van der Waals surface area contributed by atoms with Crippen molar-refractivity contribution >= 4 is 0 Å². The van der Waals surface area contributed by atoms with Gasteiger partial charge in [0.05, 0.1) is 6.33 Å². The molecule has 0 aliphatic carbocycles. The molecular weight excluding hydrogens is 314 g/mol. The van der Waals surface area contributed by atoms with Crippen LogP contribution in [0.15, 0.2) is 77.8 Å². The quantitative estimate of drug-likeness (QED) is 0.596. The minimum Gasteiger partial charge on any atom is -0.507 e. The van der Waals surface area contributed by atoms with Gasteiger partial charge in [0.15, 0.2) is 5.76 Å². The number of hydrogen-bond donors (Lipinski definition) is 1. The van der Waals surface area contributed by atoms with Gasteiger partial charge < -0.3 is 14.2 Å². The lowest BCUT2D eigenvalue weighted by atomic mass is 10.1. The second kappa shape index (κ2) is 6.65. The Bertz CT molecular complexity index is 957. The maximum Gasteiger partial charge on any atom is 0.167 e. The van der Waals surface area contributed by atoms with E-state index in [1.54, 1.807) is 18.3 Å². The van der Waals surface area contributed by atoms with Crippen LogP contribution in [-0.2, 0) is 13.0 Å². The van der Waals surface area contributed by atoms with Crippen LogP contribution in [0.25, 0.3) is 22.6 Å². The van der Waals surface area contributed by atoms with Crippen LogP contribution >= 0.6 is 0 Å². The van der Waals surface area contributed by atoms with Crippen molar-refractivity contribution in [2.24, 2.45) is 0 Å². The van der Waals surface area contributed by atoms with Crippen LogP contribution in [0, 0.1) is 0 Å². The molecule has 0 unspecified atom stereocenters. The van der Waals surface area contributed by atoms with Gasteiger partial charge in [-0.1, -0.05) is 41.6 Å². The predicted octanol–water partition coefficient (Wildman–Crippen LogP) is 4.15. The van der Waals surface area contributed by atoms with Crippen LogP contribution in [0.3, 0.4) is 0 Å². The van der Waals surface area contributed by atoms with E-state index in [0.717, 1.165) is 18.5 Å². The van der Waals surface area contributed by atoms with Crippen molar-refractivity contribution in [1.29, 1.82) is 0 Å². The molecule has 124 valence electrons. The largest absolute Gasteiger partial charge is 0.507 e. The number of benzene rings is 2. The summed E-state index contributed by atoms with van der Waals surface area (Å²) < 4.78 is 7.50. The van der Waals surface area contributed by atoms with E-state index in [1.807, 2.05) is 42.9 Å². The van der Waals surface area contributed by atoms with Crippen molar-refractivity contribution in [2.45, 2.75) is 13.0 Å². The first-order valence-corrected chi connectivity index (χ1v) is 8.10. The molecule has 0 amide bonds. The minimum atomic E-state index is 0.192. The smallest absolute Gasteiger partial charge is 0.167 e. The van der Waals surface area contributed by atoms with Crippen LogP contribution in [-0.4, -0.2) is 19.8 Å². The Morgan fingerprint density at radius 3 is 2.64 bits per heavy atom. The standard InChI is InChI=1S/C20H17N3O2/c24-19-4-2-1-3-17(19)18-13-20(25-22-18)16-7-5-15(6-8-16)9-11-23-12-10-21-14-23/h1-8,10,12-14,24H,9,11H2. The lowest BCUT2D eigenvalue weighted by Crippen LogP contribution is -1.98. The molecule has 2 aromatic heterocycles. The Morgan fingerprint density at radius 2 is 1.88 bits per heavy atom. The number of aryl methyl sites for hydroxylation is 2. The monoisotopic (exact) mass is 331 g/mol. The fraction of sp³-hybridized carbons (Fsp3) is 0.100. The molecule has 5 nitrogen and oxygen atoms in total. The van der Waals surface area contributed by atoms with E-state index >= 15 is 0 Å².